The molecule has 2 N–H and O–H groups in total. The van der Waals surface area contributed by atoms with E-state index in [1.54, 1.807) is 19.8 Å². The molecule has 0 radical (unpaired) electrons. The molecule has 1 aliphatic heterocycles. The maximum atomic E-state index is 11.2. The molecule has 1 heterocycles. The van der Waals surface area contributed by atoms with E-state index in [1.807, 2.05) is 20.8 Å². The molecule has 0 aliphatic carbocycles. The van der Waals surface area contributed by atoms with Crippen molar-refractivity contribution in [3.8, 4) is 5.75 Å². The van der Waals surface area contributed by atoms with Crippen LogP contribution in [0.5, 0.6) is 5.75 Å². The molecule has 0 bridgehead atoms. The first-order chi connectivity index (χ1) is 13.9. The van der Waals surface area contributed by atoms with Crippen LogP contribution in [0.25, 0.3) is 0 Å². The van der Waals surface area contributed by atoms with Crippen LogP contribution in [0.1, 0.15) is 46.2 Å². The smallest absolute Gasteiger partial charge is 0.270 e. The normalized spacial score (nSPS) is 20.4. The van der Waals surface area contributed by atoms with Crippen LogP contribution in [0, 0.1) is 10.1 Å². The number of fused-ring (bicyclic) bond motifs is 1. The first-order valence-electron chi connectivity index (χ1n) is 9.52. The highest BCUT2D eigenvalue weighted by Crippen LogP contribution is 2.41. The number of aliphatic hydroxyl groups excluding tert-OH is 1. The van der Waals surface area contributed by atoms with Crippen molar-refractivity contribution in [1.82, 2.24) is 5.32 Å². The molecule has 0 aromatic heterocycles. The second-order valence-corrected chi connectivity index (χ2v) is 8.44. The van der Waals surface area contributed by atoms with E-state index in [0.29, 0.717) is 17.1 Å². The van der Waals surface area contributed by atoms with Gasteiger partial charge < -0.3 is 24.6 Å². The molecule has 9 heteroatoms. The molecule has 0 amide bonds. The molecule has 0 fully saturated rings. The van der Waals surface area contributed by atoms with Gasteiger partial charge in [-0.1, -0.05) is 0 Å². The predicted molar refractivity (Wildman–Crippen MR) is 110 cm³/mol. The van der Waals surface area contributed by atoms with Gasteiger partial charge in [0, 0.05) is 23.8 Å². The van der Waals surface area contributed by atoms with Crippen LogP contribution in [-0.2, 0) is 14.3 Å². The quantitative estimate of drug-likeness (QED) is 0.217. The molecule has 1 aliphatic rings. The third kappa shape index (κ3) is 6.06. The third-order valence-corrected chi connectivity index (χ3v) is 4.35. The van der Waals surface area contributed by atoms with Gasteiger partial charge in [-0.25, -0.2) is 4.79 Å². The lowest BCUT2D eigenvalue weighted by Gasteiger charge is -2.42. The Balaban J connectivity index is 2.30. The summed E-state index contributed by atoms with van der Waals surface area (Å²) < 4.78 is 17.0. The van der Waals surface area contributed by atoms with E-state index in [9.17, 15) is 20.0 Å². The number of hydrogen-bond donors (Lipinski definition) is 2. The Morgan fingerprint density at radius 1 is 1.43 bits per heavy atom. The van der Waals surface area contributed by atoms with Gasteiger partial charge in [0.15, 0.2) is 0 Å². The number of nitrogens with zero attached hydrogens (tertiary/aromatic N) is 1. The Morgan fingerprint density at radius 3 is 2.73 bits per heavy atom. The van der Waals surface area contributed by atoms with Crippen molar-refractivity contribution in [3.63, 3.8) is 0 Å². The lowest BCUT2D eigenvalue weighted by atomic mass is 9.86. The molecule has 0 spiro atoms. The van der Waals surface area contributed by atoms with Gasteiger partial charge in [0.2, 0.25) is 0 Å². The molecular weight excluding hydrogens is 392 g/mol. The second-order valence-electron chi connectivity index (χ2n) is 8.44. The van der Waals surface area contributed by atoms with Gasteiger partial charge in [-0.05, 0) is 40.7 Å². The summed E-state index contributed by atoms with van der Waals surface area (Å²) in [6.07, 6.45) is 1.59. The van der Waals surface area contributed by atoms with Gasteiger partial charge in [-0.2, -0.15) is 0 Å². The molecule has 0 saturated heterocycles. The van der Waals surface area contributed by atoms with E-state index in [0.717, 1.165) is 0 Å². The number of rotatable bonds is 8. The van der Waals surface area contributed by atoms with Gasteiger partial charge in [0.1, 0.15) is 47.6 Å². The van der Waals surface area contributed by atoms with Gasteiger partial charge >= 0.3 is 0 Å². The van der Waals surface area contributed by atoms with E-state index < -0.39 is 28.3 Å². The first-order valence-corrected chi connectivity index (χ1v) is 9.52. The van der Waals surface area contributed by atoms with Crippen LogP contribution < -0.4 is 10.1 Å². The van der Waals surface area contributed by atoms with Gasteiger partial charge in [0.05, 0.1) is 17.5 Å². The Morgan fingerprint density at radius 2 is 2.13 bits per heavy atom. The zero-order chi connectivity index (χ0) is 22.5. The maximum absolute atomic E-state index is 11.2. The molecule has 1 aromatic rings. The topological polar surface area (TPSA) is 120 Å². The number of carbonyl (C=O) groups excluding carboxylic acids is 1. The largest absolute Gasteiger partial charge is 0.493 e. The molecule has 1 aromatic carbocycles. The van der Waals surface area contributed by atoms with E-state index in [-0.39, 0.29) is 18.8 Å². The number of aliphatic hydroxyl groups is 1. The van der Waals surface area contributed by atoms with Crippen molar-refractivity contribution in [3.05, 3.63) is 52.0 Å². The number of nitro benzene ring substituents is 1. The minimum Gasteiger partial charge on any atom is -0.493 e. The number of nitrogens with one attached hydrogen (secondary N) is 1. The highest BCUT2D eigenvalue weighted by Gasteiger charge is 2.43. The van der Waals surface area contributed by atoms with Crippen molar-refractivity contribution in [1.29, 1.82) is 0 Å². The van der Waals surface area contributed by atoms with Crippen molar-refractivity contribution in [2.45, 2.75) is 58.0 Å². The SMILES string of the molecule is CC(C)(C)OC(=COCC=C=O)CN[C@H]1c2cc([N+](=O)[O-])ccc2OC(C)(C)[C@@H]1O. The Kier molecular flexibility index (Phi) is 7.25. The predicted octanol–water partition coefficient (Wildman–Crippen LogP) is 2.82. The van der Waals surface area contributed by atoms with E-state index in [2.05, 4.69) is 5.32 Å². The van der Waals surface area contributed by atoms with Crippen LogP contribution in [0.3, 0.4) is 0 Å². The average molecular weight is 420 g/mol. The lowest BCUT2D eigenvalue weighted by molar-refractivity contribution is -0.385. The summed E-state index contributed by atoms with van der Waals surface area (Å²) in [6, 6.07) is 3.65. The van der Waals surface area contributed by atoms with Crippen molar-refractivity contribution >= 4 is 11.6 Å². The molecule has 0 saturated carbocycles. The van der Waals surface area contributed by atoms with Gasteiger partial charge in [0.25, 0.3) is 5.69 Å². The fourth-order valence-corrected chi connectivity index (χ4v) is 3.05. The third-order valence-electron chi connectivity index (χ3n) is 4.35. The summed E-state index contributed by atoms with van der Waals surface area (Å²) in [7, 11) is 0. The molecule has 30 heavy (non-hydrogen) atoms. The fraction of sp³-hybridized carbons (Fsp3) is 0.524. The van der Waals surface area contributed by atoms with Crippen LogP contribution in [-0.4, -0.2) is 46.4 Å². The minimum absolute atomic E-state index is 0.0441. The summed E-state index contributed by atoms with van der Waals surface area (Å²) in [6.45, 7) is 9.32. The first kappa shape index (κ1) is 23.4. The van der Waals surface area contributed by atoms with Crippen LogP contribution in [0.4, 0.5) is 5.69 Å². The van der Waals surface area contributed by atoms with Crippen molar-refractivity contribution in [2.75, 3.05) is 13.2 Å². The zero-order valence-corrected chi connectivity index (χ0v) is 17.8. The van der Waals surface area contributed by atoms with E-state index in [1.165, 1.54) is 30.5 Å². The van der Waals surface area contributed by atoms with Gasteiger partial charge in [-0.3, -0.25) is 10.1 Å². The number of nitro groups is 1. The van der Waals surface area contributed by atoms with Crippen LogP contribution in [0.15, 0.2) is 36.3 Å². The fourth-order valence-electron chi connectivity index (χ4n) is 3.05. The van der Waals surface area contributed by atoms with Crippen molar-refractivity contribution in [2.24, 2.45) is 0 Å². The minimum atomic E-state index is -0.984. The Bertz CT molecular complexity index is 851. The molecular formula is C21H28N2O7. The number of non-ortho nitro benzene ring substituents is 1. The highest BCUT2D eigenvalue weighted by molar-refractivity contribution is 5.48. The van der Waals surface area contributed by atoms with E-state index >= 15 is 0 Å². The molecule has 9 nitrogen and oxygen atoms in total. The van der Waals surface area contributed by atoms with E-state index in [4.69, 9.17) is 14.2 Å². The summed E-state index contributed by atoms with van der Waals surface area (Å²) >= 11 is 0. The summed E-state index contributed by atoms with van der Waals surface area (Å²) in [5, 5.41) is 25.3. The molecule has 164 valence electrons. The number of ether oxygens (including phenoxy) is 3. The van der Waals surface area contributed by atoms with Crippen molar-refractivity contribution < 1.29 is 29.0 Å². The number of benzene rings is 1. The monoisotopic (exact) mass is 420 g/mol. The standard InChI is InChI=1S/C21H28N2O7/c1-20(2,3)29-15(13-28-10-6-9-24)12-22-18-16-11-14(23(26)27)7-8-17(16)30-21(4,5)19(18)25/h6-8,11,13,18-19,22,25H,10,12H2,1-5H3/t18-,19+/m0/s1. The maximum Gasteiger partial charge on any atom is 0.270 e. The lowest BCUT2D eigenvalue weighted by Crippen LogP contribution is -2.52. The number of hydrogen-bond acceptors (Lipinski definition) is 8. The van der Waals surface area contributed by atoms with Crippen LogP contribution >= 0.6 is 0 Å². The molecule has 0 unspecified atom stereocenters. The van der Waals surface area contributed by atoms with Gasteiger partial charge in [-0.15, -0.1) is 0 Å². The summed E-state index contributed by atoms with van der Waals surface area (Å²) in [4.78, 5) is 21.0. The Hall–Kier alpha value is -2.87. The summed E-state index contributed by atoms with van der Waals surface area (Å²) in [5.74, 6) is 2.52. The average Bonchev–Trinajstić information content (AvgIpc) is 2.63. The second kappa shape index (κ2) is 9.30. The summed E-state index contributed by atoms with van der Waals surface area (Å²) in [5.41, 5.74) is -1.04. The highest BCUT2D eigenvalue weighted by atomic mass is 16.6. The molecule has 2 rings (SSSR count). The zero-order valence-electron chi connectivity index (χ0n) is 17.8. The molecule has 2 atom stereocenters. The van der Waals surface area contributed by atoms with Crippen LogP contribution in [0.2, 0.25) is 0 Å². The Labute approximate surface area is 175 Å².